The number of benzene rings is 1. The van der Waals surface area contributed by atoms with Gasteiger partial charge in [-0.2, -0.15) is 0 Å². The minimum absolute atomic E-state index is 0.134. The van der Waals surface area contributed by atoms with Crippen molar-refractivity contribution in [2.45, 2.75) is 0 Å². The van der Waals surface area contributed by atoms with Crippen LogP contribution in [0.1, 0.15) is 15.2 Å². The summed E-state index contributed by atoms with van der Waals surface area (Å²) >= 11 is 7.90. The number of carbonyl (C=O) groups excluding carboxylic acids is 1. The first-order chi connectivity index (χ1) is 8.56. The number of thiophene rings is 1. The third-order valence-electron chi connectivity index (χ3n) is 2.18. The highest BCUT2D eigenvalue weighted by molar-refractivity contribution is 9.10. The zero-order chi connectivity index (χ0) is 13.1. The van der Waals surface area contributed by atoms with Crippen LogP contribution in [0.4, 0.5) is 4.39 Å². The number of hydrogen-bond donors (Lipinski definition) is 0. The lowest BCUT2D eigenvalue weighted by Gasteiger charge is -1.97. The second-order valence-electron chi connectivity index (χ2n) is 3.49. The maximum Gasteiger partial charge on any atom is 0.195 e. The van der Waals surface area contributed by atoms with Crippen molar-refractivity contribution in [3.63, 3.8) is 0 Å². The van der Waals surface area contributed by atoms with E-state index in [4.69, 9.17) is 0 Å². The summed E-state index contributed by atoms with van der Waals surface area (Å²) in [6, 6.07) is 6.35. The molecule has 0 aliphatic carbocycles. The third kappa shape index (κ3) is 3.37. The fraction of sp³-hybridized carbons (Fsp3) is 0. The minimum atomic E-state index is -0.352. The van der Waals surface area contributed by atoms with Gasteiger partial charge in [0.15, 0.2) is 5.78 Å². The van der Waals surface area contributed by atoms with Gasteiger partial charge in [-0.3, -0.25) is 4.79 Å². The van der Waals surface area contributed by atoms with E-state index in [1.807, 2.05) is 5.38 Å². The van der Waals surface area contributed by atoms with E-state index < -0.39 is 0 Å². The Kier molecular flexibility index (Phi) is 4.48. The Morgan fingerprint density at radius 1 is 1.22 bits per heavy atom. The lowest BCUT2D eigenvalue weighted by atomic mass is 10.2. The molecule has 0 aliphatic rings. The van der Waals surface area contributed by atoms with Crippen LogP contribution in [0, 0.1) is 5.82 Å². The van der Waals surface area contributed by atoms with Crippen LogP contribution >= 0.6 is 43.2 Å². The van der Waals surface area contributed by atoms with Gasteiger partial charge < -0.3 is 0 Å². The van der Waals surface area contributed by atoms with Crippen molar-refractivity contribution in [1.82, 2.24) is 0 Å². The highest BCUT2D eigenvalue weighted by Crippen LogP contribution is 2.21. The summed E-state index contributed by atoms with van der Waals surface area (Å²) < 4.78 is 15.1. The molecule has 0 saturated carbocycles. The van der Waals surface area contributed by atoms with Gasteiger partial charge in [0.1, 0.15) is 5.82 Å². The van der Waals surface area contributed by atoms with Gasteiger partial charge in [0, 0.05) is 19.9 Å². The molecular formula is C13H7Br2FOS. The van der Waals surface area contributed by atoms with Crippen molar-refractivity contribution in [1.29, 1.82) is 0 Å². The molecule has 18 heavy (non-hydrogen) atoms. The molecule has 0 aliphatic heterocycles. The Bertz CT molecular complexity index is 619. The number of halogens is 3. The normalized spacial score (nSPS) is 11.1. The van der Waals surface area contributed by atoms with Crippen molar-refractivity contribution in [2.75, 3.05) is 0 Å². The molecule has 1 aromatic carbocycles. The molecule has 0 bridgehead atoms. The Morgan fingerprint density at radius 3 is 2.67 bits per heavy atom. The topological polar surface area (TPSA) is 17.1 Å². The fourth-order valence-corrected chi connectivity index (χ4v) is 3.06. The summed E-state index contributed by atoms with van der Waals surface area (Å²) in [5, 5.41) is 1.83. The van der Waals surface area contributed by atoms with Crippen molar-refractivity contribution in [3.8, 4) is 0 Å². The third-order valence-corrected chi connectivity index (χ3v) is 4.38. The molecule has 0 fully saturated rings. The molecule has 1 nitrogen and oxygen atoms in total. The van der Waals surface area contributed by atoms with E-state index in [1.165, 1.54) is 29.6 Å². The molecule has 0 N–H and O–H groups in total. The van der Waals surface area contributed by atoms with E-state index >= 15 is 0 Å². The van der Waals surface area contributed by atoms with E-state index in [0.717, 1.165) is 8.95 Å². The molecule has 1 heterocycles. The molecule has 0 atom stereocenters. The van der Waals surface area contributed by atoms with Gasteiger partial charge in [-0.05, 0) is 52.3 Å². The van der Waals surface area contributed by atoms with Crippen molar-refractivity contribution < 1.29 is 9.18 Å². The first-order valence-electron chi connectivity index (χ1n) is 4.98. The van der Waals surface area contributed by atoms with Crippen LogP contribution < -0.4 is 0 Å². The van der Waals surface area contributed by atoms with E-state index in [0.29, 0.717) is 10.4 Å². The summed E-state index contributed by atoms with van der Waals surface area (Å²) in [5.74, 6) is -0.486. The Hall–Kier alpha value is -0.780. The van der Waals surface area contributed by atoms with E-state index in [9.17, 15) is 9.18 Å². The van der Waals surface area contributed by atoms with Crippen LogP contribution in [-0.4, -0.2) is 5.78 Å². The molecule has 0 unspecified atom stereocenters. The van der Waals surface area contributed by atoms with Crippen LogP contribution in [0.3, 0.4) is 0 Å². The van der Waals surface area contributed by atoms with Crippen LogP contribution in [0.25, 0.3) is 6.08 Å². The smallest absolute Gasteiger partial charge is 0.195 e. The predicted octanol–water partition coefficient (Wildman–Crippen LogP) is 5.31. The van der Waals surface area contributed by atoms with Crippen molar-refractivity contribution >= 4 is 55.1 Å². The molecule has 92 valence electrons. The second kappa shape index (κ2) is 5.91. The molecule has 1 aromatic heterocycles. The number of allylic oxidation sites excluding steroid dienone is 1. The van der Waals surface area contributed by atoms with E-state index in [1.54, 1.807) is 18.2 Å². The molecule has 2 aromatic rings. The SMILES string of the molecule is O=C(/C=C/c1cc(Br)ccc1F)c1cc(Br)cs1. The van der Waals surface area contributed by atoms with Gasteiger partial charge in [-0.1, -0.05) is 15.9 Å². The van der Waals surface area contributed by atoms with Crippen molar-refractivity contribution in [3.05, 3.63) is 60.9 Å². The molecule has 0 radical (unpaired) electrons. The highest BCUT2D eigenvalue weighted by atomic mass is 79.9. The summed E-state index contributed by atoms with van der Waals surface area (Å²) in [7, 11) is 0. The Labute approximate surface area is 125 Å². The van der Waals surface area contributed by atoms with Gasteiger partial charge in [0.25, 0.3) is 0 Å². The summed E-state index contributed by atoms with van der Waals surface area (Å²) in [4.78, 5) is 12.4. The molecule has 0 saturated heterocycles. The van der Waals surface area contributed by atoms with Crippen LogP contribution in [0.5, 0.6) is 0 Å². The van der Waals surface area contributed by atoms with Gasteiger partial charge in [0.05, 0.1) is 4.88 Å². The average molecular weight is 390 g/mol. The van der Waals surface area contributed by atoms with Crippen LogP contribution in [-0.2, 0) is 0 Å². The second-order valence-corrected chi connectivity index (χ2v) is 6.24. The monoisotopic (exact) mass is 388 g/mol. The Morgan fingerprint density at radius 2 is 2.00 bits per heavy atom. The number of rotatable bonds is 3. The lowest BCUT2D eigenvalue weighted by Crippen LogP contribution is -1.90. The summed E-state index contributed by atoms with van der Waals surface area (Å²) in [6.07, 6.45) is 2.86. The quantitative estimate of drug-likeness (QED) is 0.513. The fourth-order valence-electron chi connectivity index (χ4n) is 1.33. The zero-order valence-corrected chi connectivity index (χ0v) is 13.0. The van der Waals surface area contributed by atoms with Gasteiger partial charge in [0.2, 0.25) is 0 Å². The van der Waals surface area contributed by atoms with E-state index in [2.05, 4.69) is 31.9 Å². The first kappa shape index (κ1) is 13.6. The predicted molar refractivity (Wildman–Crippen MR) is 79.5 cm³/mol. The summed E-state index contributed by atoms with van der Waals surface area (Å²) in [6.45, 7) is 0. The lowest BCUT2D eigenvalue weighted by molar-refractivity contribution is 0.105. The minimum Gasteiger partial charge on any atom is -0.288 e. The first-order valence-corrected chi connectivity index (χ1v) is 7.44. The Balaban J connectivity index is 2.20. The molecular weight excluding hydrogens is 383 g/mol. The largest absolute Gasteiger partial charge is 0.288 e. The van der Waals surface area contributed by atoms with E-state index in [-0.39, 0.29) is 11.6 Å². The standard InChI is InChI=1S/C13H7Br2FOS/c14-9-2-3-11(16)8(5-9)1-4-12(17)13-6-10(15)7-18-13/h1-7H/b4-1+. The zero-order valence-electron chi connectivity index (χ0n) is 8.99. The number of ketones is 1. The van der Waals surface area contributed by atoms with Crippen molar-refractivity contribution in [2.24, 2.45) is 0 Å². The van der Waals surface area contributed by atoms with Crippen LogP contribution in [0.15, 0.2) is 44.7 Å². The number of carbonyl (C=O) groups is 1. The maximum atomic E-state index is 13.4. The summed E-state index contributed by atoms with van der Waals surface area (Å²) in [5.41, 5.74) is 0.383. The molecule has 0 spiro atoms. The number of hydrogen-bond acceptors (Lipinski definition) is 2. The maximum absolute atomic E-state index is 13.4. The molecule has 5 heteroatoms. The van der Waals surface area contributed by atoms with Gasteiger partial charge in [-0.15, -0.1) is 11.3 Å². The molecule has 0 amide bonds. The van der Waals surface area contributed by atoms with Crippen LogP contribution in [0.2, 0.25) is 0 Å². The van der Waals surface area contributed by atoms with Gasteiger partial charge in [-0.25, -0.2) is 4.39 Å². The molecule has 2 rings (SSSR count). The highest BCUT2D eigenvalue weighted by Gasteiger charge is 2.05. The van der Waals surface area contributed by atoms with Gasteiger partial charge >= 0.3 is 0 Å². The average Bonchev–Trinajstić information content (AvgIpc) is 2.77.